The van der Waals surface area contributed by atoms with Crippen LogP contribution in [0.25, 0.3) is 0 Å². The number of rotatable bonds is 6. The summed E-state index contributed by atoms with van der Waals surface area (Å²) in [6.45, 7) is 0.717. The Hall–Kier alpha value is -2.37. The van der Waals surface area contributed by atoms with Gasteiger partial charge in [0.15, 0.2) is 0 Å². The van der Waals surface area contributed by atoms with Crippen molar-refractivity contribution in [3.63, 3.8) is 0 Å². The van der Waals surface area contributed by atoms with Crippen molar-refractivity contribution in [1.82, 2.24) is 9.88 Å². The maximum atomic E-state index is 12.7. The predicted octanol–water partition coefficient (Wildman–Crippen LogP) is 3.45. The Labute approximate surface area is 139 Å². The summed E-state index contributed by atoms with van der Waals surface area (Å²) in [5, 5.41) is 12.3. The lowest BCUT2D eigenvalue weighted by Gasteiger charge is -2.25. The first kappa shape index (κ1) is 15.5. The van der Waals surface area contributed by atoms with Gasteiger partial charge in [0.25, 0.3) is 5.91 Å². The van der Waals surface area contributed by atoms with Crippen LogP contribution < -0.4 is 0 Å². The molecule has 5 heteroatoms. The number of aliphatic hydroxyl groups excluding tert-OH is 1. The van der Waals surface area contributed by atoms with Gasteiger partial charge < -0.3 is 15.0 Å². The van der Waals surface area contributed by atoms with E-state index in [2.05, 4.69) is 4.98 Å². The first-order valence-electron chi connectivity index (χ1n) is 7.42. The van der Waals surface area contributed by atoms with Crippen LogP contribution in [0.5, 0.6) is 0 Å². The number of H-pyrrole nitrogens is 1. The van der Waals surface area contributed by atoms with Gasteiger partial charge in [0.2, 0.25) is 0 Å². The van der Waals surface area contributed by atoms with E-state index in [1.807, 2.05) is 47.8 Å². The van der Waals surface area contributed by atoms with E-state index in [0.717, 1.165) is 10.4 Å². The minimum atomic E-state index is -0.683. The Morgan fingerprint density at radius 3 is 2.61 bits per heavy atom. The number of carbonyl (C=O) groups excluding carboxylic acids is 1. The van der Waals surface area contributed by atoms with E-state index in [1.54, 1.807) is 23.2 Å². The average Bonchev–Trinajstić information content (AvgIpc) is 3.27. The summed E-state index contributed by atoms with van der Waals surface area (Å²) in [7, 11) is 0. The van der Waals surface area contributed by atoms with Gasteiger partial charge in [-0.3, -0.25) is 4.79 Å². The topological polar surface area (TPSA) is 56.3 Å². The molecular formula is C18H18N2O2S. The number of benzene rings is 1. The number of carbonyl (C=O) groups is 1. The molecular weight excluding hydrogens is 308 g/mol. The zero-order valence-corrected chi connectivity index (χ0v) is 13.4. The van der Waals surface area contributed by atoms with Crippen molar-refractivity contribution in [3.8, 4) is 0 Å². The van der Waals surface area contributed by atoms with Gasteiger partial charge in [-0.15, -0.1) is 11.3 Å². The lowest BCUT2D eigenvalue weighted by Crippen LogP contribution is -2.34. The lowest BCUT2D eigenvalue weighted by atomic mass is 10.2. The number of hydrogen-bond acceptors (Lipinski definition) is 3. The summed E-state index contributed by atoms with van der Waals surface area (Å²) >= 11 is 1.49. The van der Waals surface area contributed by atoms with Crippen LogP contribution in [0.3, 0.4) is 0 Å². The second kappa shape index (κ2) is 7.26. The highest BCUT2D eigenvalue weighted by atomic mass is 32.1. The van der Waals surface area contributed by atoms with Crippen LogP contribution in [-0.4, -0.2) is 27.4 Å². The van der Waals surface area contributed by atoms with E-state index in [0.29, 0.717) is 12.2 Å². The van der Waals surface area contributed by atoms with E-state index >= 15 is 0 Å². The Bertz CT molecular complexity index is 724. The molecule has 0 bridgehead atoms. The number of thiophene rings is 1. The SMILES string of the molecule is O=C(c1ccc[nH]1)N(Cc1ccccc1)C[C@@H](O)c1cccs1. The zero-order valence-electron chi connectivity index (χ0n) is 12.6. The molecule has 2 heterocycles. The normalized spacial score (nSPS) is 12.0. The number of aromatic amines is 1. The standard InChI is InChI=1S/C18H18N2O2S/c21-16(17-9-5-11-23-17)13-20(12-14-6-2-1-3-7-14)18(22)15-8-4-10-19-15/h1-11,16,19,21H,12-13H2/t16-/m1/s1. The molecule has 0 unspecified atom stereocenters. The molecule has 0 aliphatic heterocycles. The molecule has 1 aromatic carbocycles. The van der Waals surface area contributed by atoms with Crippen molar-refractivity contribution >= 4 is 17.2 Å². The zero-order chi connectivity index (χ0) is 16.1. The summed E-state index contributed by atoms with van der Waals surface area (Å²) in [6, 6.07) is 17.1. The fraction of sp³-hybridized carbons (Fsp3) is 0.167. The number of aliphatic hydroxyl groups is 1. The van der Waals surface area contributed by atoms with Crippen molar-refractivity contribution in [3.05, 3.63) is 82.3 Å². The molecule has 0 saturated heterocycles. The molecule has 3 rings (SSSR count). The number of hydrogen-bond donors (Lipinski definition) is 2. The molecule has 0 radical (unpaired) electrons. The molecule has 2 aromatic heterocycles. The highest BCUT2D eigenvalue weighted by Crippen LogP contribution is 2.21. The van der Waals surface area contributed by atoms with E-state index in [4.69, 9.17) is 0 Å². The van der Waals surface area contributed by atoms with Crippen LogP contribution in [-0.2, 0) is 6.54 Å². The highest BCUT2D eigenvalue weighted by Gasteiger charge is 2.21. The van der Waals surface area contributed by atoms with Crippen molar-refractivity contribution < 1.29 is 9.90 Å². The molecule has 4 nitrogen and oxygen atoms in total. The van der Waals surface area contributed by atoms with E-state index in [1.165, 1.54) is 11.3 Å². The van der Waals surface area contributed by atoms with Crippen molar-refractivity contribution in [2.75, 3.05) is 6.54 Å². The smallest absolute Gasteiger partial charge is 0.270 e. The third-order valence-electron chi connectivity index (χ3n) is 3.60. The predicted molar refractivity (Wildman–Crippen MR) is 91.3 cm³/mol. The molecule has 0 saturated carbocycles. The van der Waals surface area contributed by atoms with Gasteiger partial charge in [0.05, 0.1) is 6.54 Å². The van der Waals surface area contributed by atoms with Gasteiger partial charge in [-0.2, -0.15) is 0 Å². The molecule has 1 amide bonds. The molecule has 1 atom stereocenters. The monoisotopic (exact) mass is 326 g/mol. The molecule has 3 aromatic rings. The molecule has 0 spiro atoms. The molecule has 0 aliphatic rings. The van der Waals surface area contributed by atoms with Gasteiger partial charge in [-0.1, -0.05) is 36.4 Å². The Morgan fingerprint density at radius 2 is 1.96 bits per heavy atom. The minimum Gasteiger partial charge on any atom is -0.386 e. The molecule has 118 valence electrons. The van der Waals surface area contributed by atoms with Crippen LogP contribution in [0.15, 0.2) is 66.2 Å². The van der Waals surface area contributed by atoms with Crippen LogP contribution in [0.2, 0.25) is 0 Å². The maximum absolute atomic E-state index is 12.7. The van der Waals surface area contributed by atoms with E-state index < -0.39 is 6.10 Å². The second-order valence-corrected chi connectivity index (χ2v) is 6.27. The number of amides is 1. The van der Waals surface area contributed by atoms with E-state index in [9.17, 15) is 9.90 Å². The Kier molecular flexibility index (Phi) is 4.90. The van der Waals surface area contributed by atoms with E-state index in [-0.39, 0.29) is 12.5 Å². The molecule has 23 heavy (non-hydrogen) atoms. The first-order chi connectivity index (χ1) is 11.2. The van der Waals surface area contributed by atoms with Gasteiger partial charge >= 0.3 is 0 Å². The number of nitrogens with one attached hydrogen (secondary N) is 1. The second-order valence-electron chi connectivity index (χ2n) is 5.29. The van der Waals surface area contributed by atoms with Crippen molar-refractivity contribution in [1.29, 1.82) is 0 Å². The summed E-state index contributed by atoms with van der Waals surface area (Å²) in [5.74, 6) is -0.116. The molecule has 0 aliphatic carbocycles. The van der Waals surface area contributed by atoms with Gasteiger partial charge in [-0.25, -0.2) is 0 Å². The Balaban J connectivity index is 1.79. The van der Waals surface area contributed by atoms with Gasteiger partial charge in [0.1, 0.15) is 11.8 Å². The van der Waals surface area contributed by atoms with Gasteiger partial charge in [-0.05, 0) is 29.1 Å². The average molecular weight is 326 g/mol. The van der Waals surface area contributed by atoms with Crippen LogP contribution in [0.1, 0.15) is 27.0 Å². The molecule has 0 fully saturated rings. The lowest BCUT2D eigenvalue weighted by molar-refractivity contribution is 0.0604. The van der Waals surface area contributed by atoms with Crippen molar-refractivity contribution in [2.45, 2.75) is 12.6 Å². The largest absolute Gasteiger partial charge is 0.386 e. The summed E-state index contributed by atoms with van der Waals surface area (Å²) < 4.78 is 0. The van der Waals surface area contributed by atoms with Crippen LogP contribution >= 0.6 is 11.3 Å². The number of aromatic nitrogens is 1. The first-order valence-corrected chi connectivity index (χ1v) is 8.30. The summed E-state index contributed by atoms with van der Waals surface area (Å²) in [6.07, 6.45) is 1.04. The number of nitrogens with zero attached hydrogens (tertiary/aromatic N) is 1. The third kappa shape index (κ3) is 3.88. The maximum Gasteiger partial charge on any atom is 0.270 e. The van der Waals surface area contributed by atoms with Gasteiger partial charge in [0, 0.05) is 17.6 Å². The fourth-order valence-corrected chi connectivity index (χ4v) is 3.14. The summed E-state index contributed by atoms with van der Waals surface area (Å²) in [5.41, 5.74) is 1.56. The van der Waals surface area contributed by atoms with Crippen molar-refractivity contribution in [2.24, 2.45) is 0 Å². The fourth-order valence-electron chi connectivity index (χ4n) is 2.44. The van der Waals surface area contributed by atoms with Crippen LogP contribution in [0.4, 0.5) is 0 Å². The highest BCUT2D eigenvalue weighted by molar-refractivity contribution is 7.10. The summed E-state index contributed by atoms with van der Waals surface area (Å²) in [4.78, 5) is 18.2. The third-order valence-corrected chi connectivity index (χ3v) is 4.57. The Morgan fingerprint density at radius 1 is 1.13 bits per heavy atom. The van der Waals surface area contributed by atoms with Crippen LogP contribution in [0, 0.1) is 0 Å². The molecule has 2 N–H and O–H groups in total. The minimum absolute atomic E-state index is 0.116. The quantitative estimate of drug-likeness (QED) is 0.729.